The van der Waals surface area contributed by atoms with Gasteiger partial charge in [-0.2, -0.15) is 29.4 Å². The first-order valence-electron chi connectivity index (χ1n) is 37.1. The van der Waals surface area contributed by atoms with Gasteiger partial charge in [-0.1, -0.05) is 316 Å². The van der Waals surface area contributed by atoms with Crippen LogP contribution in [0.3, 0.4) is 0 Å². The molecule has 1 aromatic rings. The van der Waals surface area contributed by atoms with Crippen LogP contribution in [0.2, 0.25) is 0 Å². The van der Waals surface area contributed by atoms with Gasteiger partial charge < -0.3 is 0 Å². The Kier molecular flexibility index (Phi) is 153. The quantitative estimate of drug-likeness (QED) is 0.0204. The van der Waals surface area contributed by atoms with E-state index in [9.17, 15) is 27.4 Å². The van der Waals surface area contributed by atoms with Crippen molar-refractivity contribution < 1.29 is 302 Å². The summed E-state index contributed by atoms with van der Waals surface area (Å²) in [6.45, 7) is 13.2. The molecule has 12 nitrogen and oxygen atoms in total. The van der Waals surface area contributed by atoms with E-state index in [1.54, 1.807) is 24.3 Å². The van der Waals surface area contributed by atoms with Gasteiger partial charge in [0.1, 0.15) is 0 Å². The molecule has 0 fully saturated rings. The fraction of sp³-hybridized carbons (Fsp3) is 0.889. The Morgan fingerprint density at radius 2 is 0.490 bits per heavy atom. The monoisotopic (exact) mass is 2240 g/mol. The van der Waals surface area contributed by atoms with Gasteiger partial charge in [0.25, 0.3) is 0 Å². The van der Waals surface area contributed by atoms with Crippen LogP contribution in [0.4, 0.5) is 0 Å². The van der Waals surface area contributed by atoms with E-state index in [-0.39, 0.29) is 245 Å². The predicted octanol–water partition coefficient (Wildman–Crippen LogP) is 26.2. The largest absolute Gasteiger partial charge is 0.546 e. The first-order valence-corrected chi connectivity index (χ1v) is 45.3. The molecule has 24 heteroatoms. The molecule has 0 amide bonds. The number of rotatable bonds is 60. The first kappa shape index (κ1) is 127. The molecule has 1 rings (SSSR count). The van der Waals surface area contributed by atoms with Crippen molar-refractivity contribution in [3.8, 4) is 0 Å². The van der Waals surface area contributed by atoms with Gasteiger partial charge in [0.2, 0.25) is 5.30 Å². The fourth-order valence-electron chi connectivity index (χ4n) is 10.1. The van der Waals surface area contributed by atoms with E-state index in [4.69, 9.17) is 29.4 Å². The van der Waals surface area contributed by atoms with Gasteiger partial charge in [0.05, 0.1) is 0 Å². The third-order valence-corrected chi connectivity index (χ3v) is 20.3. The number of hydrogen-bond donors (Lipinski definition) is 6. The maximum Gasteiger partial charge on any atom is 0.546 e. The standard InChI is InChI=1S/C18H37O2P.C18H35O2P.C12H25O2P.C10H21O2P.C8H17O2P.C6H5O2P.6Nd/c2*1-2-3-4-5-6-7-8-9-10-11-12-13-14-15-16-17-18-21(19)20;1-2-3-4-5-6-7-8-9-10-11-12-15(13)14;1-2-3-4-5-6-7-8-9-10-13(11)12;1-3-5-6-8(4-2)7-11(9)10;7-9(8)6-4-2-1-3-5-6;;;;;;/h2-18H2,1H3;9-10H,2-8,11-18H2,1H3;2-12H2,1H3;2-10H2,1H3;8H,3-7H2,1-2H3;1-5H;;;;;;/p+6/b;10-9-;;;;;;;;;;. The fourth-order valence-corrected chi connectivity index (χ4v) is 13.4. The van der Waals surface area contributed by atoms with E-state index >= 15 is 0 Å². The summed E-state index contributed by atoms with van der Waals surface area (Å²) in [7, 11) is -11.6. The van der Waals surface area contributed by atoms with E-state index < -0.39 is 48.2 Å². The van der Waals surface area contributed by atoms with Crippen molar-refractivity contribution in [1.82, 2.24) is 0 Å². The van der Waals surface area contributed by atoms with E-state index in [1.807, 2.05) is 6.07 Å². The number of unbranched alkanes of at least 4 members (excludes halogenated alkanes) is 44. The molecule has 0 aliphatic carbocycles. The van der Waals surface area contributed by atoms with Crippen LogP contribution in [-0.2, 0) is 27.4 Å². The summed E-state index contributed by atoms with van der Waals surface area (Å²) in [5.74, 6) is 0.462. The molecule has 0 aromatic heterocycles. The van der Waals surface area contributed by atoms with Gasteiger partial charge in [0, 0.05) is 251 Å². The second kappa shape index (κ2) is 116. The van der Waals surface area contributed by atoms with Crippen LogP contribution in [-0.4, -0.2) is 60.2 Å². The van der Waals surface area contributed by atoms with Crippen molar-refractivity contribution >= 4 is 53.5 Å². The second-order valence-corrected chi connectivity index (χ2v) is 31.5. The van der Waals surface area contributed by atoms with Crippen molar-refractivity contribution in [2.24, 2.45) is 5.92 Å². The van der Waals surface area contributed by atoms with Crippen LogP contribution in [0.15, 0.2) is 42.5 Å². The van der Waals surface area contributed by atoms with Crippen LogP contribution in [0.1, 0.15) is 375 Å². The summed E-state index contributed by atoms with van der Waals surface area (Å²) in [5, 5.41) is 0.479. The number of benzene rings is 1. The molecule has 554 valence electrons. The molecule has 0 aliphatic heterocycles. The molecule has 6 N–H and O–H groups in total. The molecule has 0 saturated heterocycles. The summed E-state index contributed by atoms with van der Waals surface area (Å²) < 4.78 is 62.5. The van der Waals surface area contributed by atoms with Crippen molar-refractivity contribution in [1.29, 1.82) is 0 Å². The molecule has 0 saturated carbocycles. The average molecular weight is 2260 g/mol. The van der Waals surface area contributed by atoms with Crippen LogP contribution < -0.4 is 5.30 Å². The smallest absolute Gasteiger partial charge is 0.161 e. The number of hydrogen-bond acceptors (Lipinski definition) is 6. The van der Waals surface area contributed by atoms with E-state index in [1.165, 1.54) is 270 Å². The van der Waals surface area contributed by atoms with Crippen molar-refractivity contribution in [2.75, 3.05) is 30.8 Å². The van der Waals surface area contributed by atoms with Crippen molar-refractivity contribution in [3.63, 3.8) is 0 Å². The van der Waals surface area contributed by atoms with Crippen molar-refractivity contribution in [2.45, 2.75) is 375 Å². The molecule has 0 radical (unpaired) electrons. The third kappa shape index (κ3) is 134. The molecule has 0 spiro atoms. The topological polar surface area (TPSA) is 224 Å². The molecular formula is C72H146Nd6O12P6+6. The Morgan fingerprint density at radius 3 is 0.667 bits per heavy atom. The zero-order chi connectivity index (χ0) is 67.9. The van der Waals surface area contributed by atoms with Gasteiger partial charge in [-0.25, -0.2) is 0 Å². The van der Waals surface area contributed by atoms with Crippen LogP contribution in [0.5, 0.6) is 0 Å². The minimum absolute atomic E-state index is 0. The maximum atomic E-state index is 10.5. The van der Waals surface area contributed by atoms with Gasteiger partial charge in [-0.05, 0) is 129 Å². The summed E-state index contributed by atoms with van der Waals surface area (Å²) in [6.07, 6.45) is 73.7. The average Bonchev–Trinajstić information content (AvgIpc) is 1.86. The normalized spacial score (nSPS) is 11.4. The molecular weight excluding hydrogens is 2110 g/mol. The first-order chi connectivity index (χ1) is 43.6. The zero-order valence-electron chi connectivity index (χ0n) is 62.2. The van der Waals surface area contributed by atoms with Crippen LogP contribution in [0, 0.1) is 251 Å². The Balaban J connectivity index is -0.000000101. The van der Waals surface area contributed by atoms with E-state index in [0.717, 1.165) is 64.2 Å². The van der Waals surface area contributed by atoms with E-state index in [2.05, 4.69) is 53.7 Å². The van der Waals surface area contributed by atoms with E-state index in [0.29, 0.717) is 42.0 Å². The zero-order valence-corrected chi connectivity index (χ0v) is 86.9. The Morgan fingerprint density at radius 1 is 0.281 bits per heavy atom. The van der Waals surface area contributed by atoms with Crippen LogP contribution in [0.25, 0.3) is 0 Å². The van der Waals surface area contributed by atoms with Gasteiger partial charge in [-0.15, -0.1) is 0 Å². The van der Waals surface area contributed by atoms with Gasteiger partial charge in [-0.3, -0.25) is 0 Å². The SMILES string of the molecule is CCCCC(CC)C[P+](=O)O.CCCCCCCC/C=C\CCCCCCCC[P+](=O)O.CCCCCCCCCCCCCCCCCC[P+](=O)O.CCCCCCCCCCCC[P+](=O)O.CCCCCCCCCC[P+](=O)O.O=[P+](O)c1ccccc1.[Nd].[Nd].[Nd].[Nd].[Nd].[Nd]. The Labute approximate surface area is 796 Å². The summed E-state index contributed by atoms with van der Waals surface area (Å²) in [5.41, 5.74) is 0. The second-order valence-electron chi connectivity index (χ2n) is 24.8. The molecule has 1 aromatic carbocycles. The van der Waals surface area contributed by atoms with Crippen molar-refractivity contribution in [3.05, 3.63) is 42.5 Å². The minimum atomic E-state index is -2.15. The van der Waals surface area contributed by atoms with Gasteiger partial charge >= 0.3 is 48.2 Å². The number of allylic oxidation sites excluding steroid dienone is 2. The maximum absolute atomic E-state index is 10.5. The molecule has 0 aliphatic rings. The summed E-state index contributed by atoms with van der Waals surface area (Å²) in [6, 6.07) is 8.53. The Bertz CT molecular complexity index is 1710. The minimum Gasteiger partial charge on any atom is -0.161 e. The molecule has 0 bridgehead atoms. The molecule has 7 unspecified atom stereocenters. The summed E-state index contributed by atoms with van der Waals surface area (Å²) >= 11 is 0. The Hall–Kier alpha value is 7.42. The molecule has 0 heterocycles. The third-order valence-electron chi connectivity index (χ3n) is 15.9. The van der Waals surface area contributed by atoms with Gasteiger partial charge in [0.15, 0.2) is 30.8 Å². The molecule has 7 atom stereocenters. The van der Waals surface area contributed by atoms with Crippen LogP contribution >= 0.6 is 48.2 Å². The summed E-state index contributed by atoms with van der Waals surface area (Å²) in [4.78, 5) is 51.7. The predicted molar refractivity (Wildman–Crippen MR) is 396 cm³/mol. The molecule has 96 heavy (non-hydrogen) atoms.